The lowest BCUT2D eigenvalue weighted by Crippen LogP contribution is -2.30. The molecule has 0 unspecified atom stereocenters. The minimum atomic E-state index is -0.540. The van der Waals surface area contributed by atoms with Crippen molar-refractivity contribution >= 4 is 46.9 Å². The fourth-order valence-corrected chi connectivity index (χ4v) is 4.49. The van der Waals surface area contributed by atoms with Crippen molar-refractivity contribution in [1.29, 1.82) is 0 Å². The van der Waals surface area contributed by atoms with Crippen molar-refractivity contribution < 1.29 is 18.8 Å². The molecule has 0 radical (unpaired) electrons. The van der Waals surface area contributed by atoms with Gasteiger partial charge in [0.25, 0.3) is 11.8 Å². The molecule has 0 spiro atoms. The smallest absolute Gasteiger partial charge is 0.272 e. The van der Waals surface area contributed by atoms with E-state index < -0.39 is 17.6 Å². The molecule has 0 fully saturated rings. The molecule has 0 aliphatic rings. The summed E-state index contributed by atoms with van der Waals surface area (Å²) in [5, 5.41) is 8.37. The summed E-state index contributed by atoms with van der Waals surface area (Å²) in [7, 11) is 0. The van der Waals surface area contributed by atoms with Gasteiger partial charge in [-0.3, -0.25) is 14.4 Å². The molecule has 0 saturated heterocycles. The number of nitrogens with one attached hydrogen (secondary N) is 3. The Hall–Kier alpha value is -4.69. The summed E-state index contributed by atoms with van der Waals surface area (Å²) in [5.74, 6) is -1.28. The number of anilines is 2. The zero-order valence-electron chi connectivity index (χ0n) is 22.0. The Morgan fingerprint density at radius 3 is 2.20 bits per heavy atom. The van der Waals surface area contributed by atoms with E-state index in [9.17, 15) is 18.8 Å². The topological polar surface area (TPSA) is 87.3 Å². The minimum Gasteiger partial charge on any atom is -0.325 e. The zero-order valence-corrected chi connectivity index (χ0v) is 22.8. The number of halogens is 1. The van der Waals surface area contributed by atoms with Gasteiger partial charge < -0.3 is 16.0 Å². The Kier molecular flexibility index (Phi) is 9.48. The quantitative estimate of drug-likeness (QED) is 0.161. The molecule has 0 saturated carbocycles. The third-order valence-corrected chi connectivity index (χ3v) is 6.86. The average molecular weight is 554 g/mol. The lowest BCUT2D eigenvalue weighted by molar-refractivity contribution is -0.114. The van der Waals surface area contributed by atoms with Gasteiger partial charge in [0.05, 0.1) is 5.75 Å². The highest BCUT2D eigenvalue weighted by Gasteiger charge is 2.15. The summed E-state index contributed by atoms with van der Waals surface area (Å²) in [4.78, 5) is 39.2. The number of thioether (sulfide) groups is 1. The lowest BCUT2D eigenvalue weighted by Gasteiger charge is -2.12. The van der Waals surface area contributed by atoms with E-state index in [1.165, 1.54) is 42.1 Å². The van der Waals surface area contributed by atoms with E-state index in [4.69, 9.17) is 0 Å². The zero-order chi connectivity index (χ0) is 28.5. The average Bonchev–Trinajstić information content (AvgIpc) is 2.95. The number of hydrogen-bond acceptors (Lipinski definition) is 4. The maximum Gasteiger partial charge on any atom is 0.272 e. The maximum atomic E-state index is 13.4. The Balaban J connectivity index is 1.40. The fraction of sp³-hybridized carbons (Fsp3) is 0.0938. The van der Waals surface area contributed by atoms with Crippen molar-refractivity contribution in [3.8, 4) is 0 Å². The second-order valence-electron chi connectivity index (χ2n) is 9.06. The van der Waals surface area contributed by atoms with Crippen LogP contribution in [0.2, 0.25) is 0 Å². The Morgan fingerprint density at radius 1 is 0.825 bits per heavy atom. The first-order valence-corrected chi connectivity index (χ1v) is 13.5. The monoisotopic (exact) mass is 553 g/mol. The van der Waals surface area contributed by atoms with E-state index in [1.54, 1.807) is 54.6 Å². The van der Waals surface area contributed by atoms with Crippen molar-refractivity contribution in [3.05, 3.63) is 131 Å². The molecule has 3 amide bonds. The van der Waals surface area contributed by atoms with Gasteiger partial charge >= 0.3 is 0 Å². The molecule has 8 heteroatoms. The molecule has 4 aromatic carbocycles. The molecule has 4 rings (SSSR count). The SMILES string of the molecule is Cc1ccc(NC(=O)CSc2ccc(NC(=O)/C(=C/c3ccc(F)cc3)NC(=O)c3ccccc3)cc2)c(C)c1. The van der Waals surface area contributed by atoms with Gasteiger partial charge in [-0.2, -0.15) is 0 Å². The van der Waals surface area contributed by atoms with Crippen LogP contribution in [0.1, 0.15) is 27.0 Å². The van der Waals surface area contributed by atoms with E-state index in [2.05, 4.69) is 16.0 Å². The number of amides is 3. The van der Waals surface area contributed by atoms with E-state index in [1.807, 2.05) is 32.0 Å². The van der Waals surface area contributed by atoms with Crippen LogP contribution in [0.25, 0.3) is 6.08 Å². The molecular formula is C32H28FN3O3S. The van der Waals surface area contributed by atoms with Crippen LogP contribution in [0.4, 0.5) is 15.8 Å². The van der Waals surface area contributed by atoms with Gasteiger partial charge in [0.1, 0.15) is 11.5 Å². The summed E-state index contributed by atoms with van der Waals surface area (Å²) >= 11 is 1.38. The van der Waals surface area contributed by atoms with Crippen LogP contribution in [0, 0.1) is 19.7 Å². The van der Waals surface area contributed by atoms with Crippen molar-refractivity contribution in [1.82, 2.24) is 5.32 Å². The molecular weight excluding hydrogens is 525 g/mol. The first-order valence-electron chi connectivity index (χ1n) is 12.5. The maximum absolute atomic E-state index is 13.4. The molecule has 0 atom stereocenters. The van der Waals surface area contributed by atoms with Crippen LogP contribution in [0.3, 0.4) is 0 Å². The number of rotatable bonds is 9. The summed E-state index contributed by atoms with van der Waals surface area (Å²) in [6.07, 6.45) is 1.48. The standard InChI is InChI=1S/C32H28FN3O3S/c1-21-8-17-28(22(2)18-21)35-30(37)20-40-27-15-13-26(14-16-27)34-32(39)29(19-23-9-11-25(33)12-10-23)36-31(38)24-6-4-3-5-7-24/h3-19H,20H2,1-2H3,(H,34,39)(H,35,37)(H,36,38)/b29-19-. The molecule has 0 aliphatic carbocycles. The van der Waals surface area contributed by atoms with E-state index in [-0.39, 0.29) is 17.4 Å². The van der Waals surface area contributed by atoms with Gasteiger partial charge in [-0.25, -0.2) is 4.39 Å². The second-order valence-corrected chi connectivity index (χ2v) is 10.1. The third-order valence-electron chi connectivity index (χ3n) is 5.85. The summed E-state index contributed by atoms with van der Waals surface area (Å²) in [5.41, 5.74) is 4.38. The Bertz CT molecular complexity index is 1540. The first-order chi connectivity index (χ1) is 19.3. The fourth-order valence-electron chi connectivity index (χ4n) is 3.79. The van der Waals surface area contributed by atoms with Gasteiger partial charge in [-0.1, -0.05) is 48.0 Å². The molecule has 40 heavy (non-hydrogen) atoms. The highest BCUT2D eigenvalue weighted by atomic mass is 32.2. The summed E-state index contributed by atoms with van der Waals surface area (Å²) in [6.45, 7) is 3.96. The predicted molar refractivity (Wildman–Crippen MR) is 159 cm³/mol. The van der Waals surface area contributed by atoms with Gasteiger partial charge in [0.2, 0.25) is 5.91 Å². The van der Waals surface area contributed by atoms with Crippen molar-refractivity contribution in [2.24, 2.45) is 0 Å². The highest BCUT2D eigenvalue weighted by molar-refractivity contribution is 8.00. The molecule has 0 aromatic heterocycles. The van der Waals surface area contributed by atoms with Crippen LogP contribution in [-0.4, -0.2) is 23.5 Å². The highest BCUT2D eigenvalue weighted by Crippen LogP contribution is 2.22. The van der Waals surface area contributed by atoms with Gasteiger partial charge in [-0.15, -0.1) is 11.8 Å². The van der Waals surface area contributed by atoms with Gasteiger partial charge in [0.15, 0.2) is 0 Å². The third kappa shape index (κ3) is 8.15. The minimum absolute atomic E-state index is 0.00184. The Labute approximate surface area is 236 Å². The molecule has 0 aliphatic heterocycles. The molecule has 202 valence electrons. The van der Waals surface area contributed by atoms with E-state index in [0.717, 1.165) is 21.7 Å². The van der Waals surface area contributed by atoms with Crippen LogP contribution in [-0.2, 0) is 9.59 Å². The Morgan fingerprint density at radius 2 is 1.52 bits per heavy atom. The van der Waals surface area contributed by atoms with Crippen molar-refractivity contribution in [2.45, 2.75) is 18.7 Å². The van der Waals surface area contributed by atoms with E-state index in [0.29, 0.717) is 16.8 Å². The second kappa shape index (κ2) is 13.4. The molecule has 3 N–H and O–H groups in total. The first kappa shape index (κ1) is 28.3. The van der Waals surface area contributed by atoms with Gasteiger partial charge in [0, 0.05) is 21.8 Å². The summed E-state index contributed by atoms with van der Waals surface area (Å²) < 4.78 is 13.4. The van der Waals surface area contributed by atoms with Crippen LogP contribution < -0.4 is 16.0 Å². The van der Waals surface area contributed by atoms with Crippen molar-refractivity contribution in [3.63, 3.8) is 0 Å². The molecule has 6 nitrogen and oxygen atoms in total. The number of benzene rings is 4. The summed E-state index contributed by atoms with van der Waals surface area (Å²) in [6, 6.07) is 27.0. The largest absolute Gasteiger partial charge is 0.325 e. The normalized spacial score (nSPS) is 11.0. The molecule has 0 bridgehead atoms. The number of carbonyl (C=O) groups excluding carboxylic acids is 3. The van der Waals surface area contributed by atoms with Crippen LogP contribution in [0.15, 0.2) is 108 Å². The lowest BCUT2D eigenvalue weighted by atomic mass is 10.1. The van der Waals surface area contributed by atoms with Crippen molar-refractivity contribution in [2.75, 3.05) is 16.4 Å². The number of aryl methyl sites for hydroxylation is 2. The van der Waals surface area contributed by atoms with Crippen LogP contribution >= 0.6 is 11.8 Å². The molecule has 4 aromatic rings. The van der Waals surface area contributed by atoms with Gasteiger partial charge in [-0.05, 0) is 85.6 Å². The number of hydrogen-bond donors (Lipinski definition) is 3. The number of carbonyl (C=O) groups is 3. The van der Waals surface area contributed by atoms with Crippen LogP contribution in [0.5, 0.6) is 0 Å². The predicted octanol–water partition coefficient (Wildman–Crippen LogP) is 6.58. The van der Waals surface area contributed by atoms with E-state index >= 15 is 0 Å². The molecule has 0 heterocycles.